The molecule has 0 saturated carbocycles. The van der Waals surface area contributed by atoms with Gasteiger partial charge >= 0.3 is 5.63 Å². The van der Waals surface area contributed by atoms with Crippen molar-refractivity contribution < 1.29 is 4.42 Å². The van der Waals surface area contributed by atoms with Gasteiger partial charge in [-0.05, 0) is 30.3 Å². The van der Waals surface area contributed by atoms with Crippen LogP contribution >= 0.6 is 0 Å². The zero-order valence-corrected chi connectivity index (χ0v) is 14.7. The number of rotatable bonds is 1. The molecular weight excluding hydrogens is 340 g/mol. The number of nitrogens with zero attached hydrogens (tertiary/aromatic N) is 4. The standard InChI is InChI=1S/C21H14N4O2/c1-24(2)13-7-8-14-18(10-13)27-21(26)15-9-12(11-22)20-23-16-5-3-4-6-17(16)25(20)19(14)15/h3-10H,1-2H3. The quantitative estimate of drug-likeness (QED) is 0.339. The van der Waals surface area contributed by atoms with Crippen molar-refractivity contribution in [2.24, 2.45) is 0 Å². The van der Waals surface area contributed by atoms with Crippen LogP contribution in [0.15, 0.2) is 57.7 Å². The van der Waals surface area contributed by atoms with E-state index in [2.05, 4.69) is 11.1 Å². The second-order valence-corrected chi connectivity index (χ2v) is 6.66. The largest absolute Gasteiger partial charge is 0.422 e. The van der Waals surface area contributed by atoms with Crippen molar-refractivity contribution in [1.82, 2.24) is 9.38 Å². The fraction of sp³-hybridized carbons (Fsp3) is 0.0952. The number of benzene rings is 2. The molecule has 0 aliphatic rings. The highest BCUT2D eigenvalue weighted by Gasteiger charge is 2.18. The lowest BCUT2D eigenvalue weighted by Crippen LogP contribution is -2.09. The lowest BCUT2D eigenvalue weighted by molar-refractivity contribution is 0.569. The summed E-state index contributed by atoms with van der Waals surface area (Å²) in [7, 11) is 3.86. The fourth-order valence-electron chi connectivity index (χ4n) is 3.56. The van der Waals surface area contributed by atoms with Gasteiger partial charge in [0.05, 0.1) is 27.5 Å². The molecule has 0 aliphatic carbocycles. The third kappa shape index (κ3) is 2.06. The molecule has 130 valence electrons. The zero-order valence-electron chi connectivity index (χ0n) is 14.7. The minimum atomic E-state index is -0.468. The Balaban J connectivity index is 2.12. The molecule has 27 heavy (non-hydrogen) atoms. The van der Waals surface area contributed by atoms with Gasteiger partial charge in [-0.15, -0.1) is 0 Å². The summed E-state index contributed by atoms with van der Waals surface area (Å²) in [4.78, 5) is 19.3. The van der Waals surface area contributed by atoms with Gasteiger partial charge in [-0.1, -0.05) is 12.1 Å². The van der Waals surface area contributed by atoms with Crippen molar-refractivity contribution in [1.29, 1.82) is 5.26 Å². The molecular formula is C21H14N4O2. The molecule has 0 atom stereocenters. The first-order valence-corrected chi connectivity index (χ1v) is 8.46. The Bertz CT molecular complexity index is 1490. The van der Waals surface area contributed by atoms with Crippen LogP contribution < -0.4 is 10.5 Å². The van der Waals surface area contributed by atoms with Crippen LogP contribution in [-0.2, 0) is 0 Å². The van der Waals surface area contributed by atoms with Crippen LogP contribution in [0.1, 0.15) is 5.56 Å². The maximum Gasteiger partial charge on any atom is 0.345 e. The van der Waals surface area contributed by atoms with E-state index in [9.17, 15) is 10.1 Å². The van der Waals surface area contributed by atoms with Gasteiger partial charge in [0.2, 0.25) is 0 Å². The molecule has 2 aromatic carbocycles. The highest BCUT2D eigenvalue weighted by molar-refractivity contribution is 6.06. The van der Waals surface area contributed by atoms with Crippen LogP contribution in [0, 0.1) is 11.3 Å². The van der Waals surface area contributed by atoms with Gasteiger partial charge in [0, 0.05) is 31.2 Å². The Morgan fingerprint density at radius 1 is 1.11 bits per heavy atom. The molecule has 3 heterocycles. The number of anilines is 1. The van der Waals surface area contributed by atoms with Crippen LogP contribution in [0.3, 0.4) is 0 Å². The van der Waals surface area contributed by atoms with Crippen LogP contribution in [0.5, 0.6) is 0 Å². The smallest absolute Gasteiger partial charge is 0.345 e. The molecule has 3 aromatic heterocycles. The van der Waals surface area contributed by atoms with Gasteiger partial charge in [0.15, 0.2) is 5.65 Å². The molecule has 0 N–H and O–H groups in total. The predicted octanol–water partition coefficient (Wildman–Crippen LogP) is 3.68. The van der Waals surface area contributed by atoms with Gasteiger partial charge in [0.1, 0.15) is 11.7 Å². The number of fused-ring (bicyclic) bond motifs is 7. The second kappa shape index (κ2) is 5.32. The third-order valence-electron chi connectivity index (χ3n) is 4.85. The first kappa shape index (κ1) is 15.4. The van der Waals surface area contributed by atoms with E-state index in [4.69, 9.17) is 4.42 Å². The van der Waals surface area contributed by atoms with Crippen LogP contribution in [0.2, 0.25) is 0 Å². The van der Waals surface area contributed by atoms with E-state index in [1.165, 1.54) is 0 Å². The molecule has 0 radical (unpaired) electrons. The monoisotopic (exact) mass is 354 g/mol. The van der Waals surface area contributed by atoms with Gasteiger partial charge in [-0.3, -0.25) is 4.40 Å². The van der Waals surface area contributed by atoms with Crippen LogP contribution in [-0.4, -0.2) is 23.5 Å². The van der Waals surface area contributed by atoms with Crippen LogP contribution in [0.25, 0.3) is 38.6 Å². The molecule has 0 bridgehead atoms. The summed E-state index contributed by atoms with van der Waals surface area (Å²) in [6.45, 7) is 0. The molecule has 0 unspecified atom stereocenters. The SMILES string of the molecule is CN(C)c1ccc2c(c1)oc(=O)c1cc(C#N)c3nc4ccccc4n3c12. The number of nitriles is 1. The molecule has 5 rings (SSSR count). The van der Waals surface area contributed by atoms with Gasteiger partial charge in [-0.25, -0.2) is 9.78 Å². The minimum Gasteiger partial charge on any atom is -0.422 e. The molecule has 6 heteroatoms. The van der Waals surface area contributed by atoms with Gasteiger partial charge < -0.3 is 9.32 Å². The normalized spacial score (nSPS) is 11.4. The Kier molecular flexibility index (Phi) is 3.04. The Hall–Kier alpha value is -3.85. The summed E-state index contributed by atoms with van der Waals surface area (Å²) < 4.78 is 7.46. The molecule has 0 amide bonds. The molecule has 6 nitrogen and oxygen atoms in total. The lowest BCUT2D eigenvalue weighted by Gasteiger charge is -2.13. The van der Waals surface area contributed by atoms with Crippen molar-refractivity contribution in [3.8, 4) is 6.07 Å². The summed E-state index contributed by atoms with van der Waals surface area (Å²) in [5.41, 5.74) is 4.17. The average Bonchev–Trinajstić information content (AvgIpc) is 3.06. The summed E-state index contributed by atoms with van der Waals surface area (Å²) in [6, 6.07) is 17.1. The number of para-hydroxylation sites is 2. The average molecular weight is 354 g/mol. The third-order valence-corrected chi connectivity index (χ3v) is 4.85. The van der Waals surface area contributed by atoms with E-state index < -0.39 is 5.63 Å². The van der Waals surface area contributed by atoms with E-state index >= 15 is 0 Å². The lowest BCUT2D eigenvalue weighted by atomic mass is 10.1. The summed E-state index contributed by atoms with van der Waals surface area (Å²) in [6.07, 6.45) is 0. The molecule has 0 fully saturated rings. The van der Waals surface area contributed by atoms with Gasteiger partial charge in [0.25, 0.3) is 0 Å². The number of imidazole rings is 1. The van der Waals surface area contributed by atoms with Crippen molar-refractivity contribution in [2.75, 3.05) is 19.0 Å². The van der Waals surface area contributed by atoms with Crippen molar-refractivity contribution in [3.63, 3.8) is 0 Å². The Morgan fingerprint density at radius 2 is 1.93 bits per heavy atom. The molecule has 5 aromatic rings. The van der Waals surface area contributed by atoms with E-state index in [1.54, 1.807) is 6.07 Å². The molecule has 0 aliphatic heterocycles. The minimum absolute atomic E-state index is 0.343. The maximum absolute atomic E-state index is 12.7. The summed E-state index contributed by atoms with van der Waals surface area (Å²) in [5, 5.41) is 10.7. The van der Waals surface area contributed by atoms with E-state index in [-0.39, 0.29) is 0 Å². The van der Waals surface area contributed by atoms with E-state index in [0.29, 0.717) is 27.7 Å². The second-order valence-electron chi connectivity index (χ2n) is 6.66. The highest BCUT2D eigenvalue weighted by atomic mass is 16.4. The van der Waals surface area contributed by atoms with Crippen LogP contribution in [0.4, 0.5) is 5.69 Å². The number of hydrogen-bond acceptors (Lipinski definition) is 5. The summed E-state index contributed by atoms with van der Waals surface area (Å²) in [5.74, 6) is 0. The zero-order chi connectivity index (χ0) is 18.7. The van der Waals surface area contributed by atoms with Crippen molar-refractivity contribution in [2.45, 2.75) is 0 Å². The van der Waals surface area contributed by atoms with Gasteiger partial charge in [-0.2, -0.15) is 5.26 Å². The Morgan fingerprint density at radius 3 is 2.70 bits per heavy atom. The fourth-order valence-corrected chi connectivity index (χ4v) is 3.56. The topological polar surface area (TPSA) is 74.5 Å². The van der Waals surface area contributed by atoms with Crippen molar-refractivity contribution >= 4 is 44.2 Å². The first-order chi connectivity index (χ1) is 13.1. The number of hydrogen-bond donors (Lipinski definition) is 0. The maximum atomic E-state index is 12.7. The molecule has 0 spiro atoms. The molecule has 0 saturated heterocycles. The predicted molar refractivity (Wildman–Crippen MR) is 105 cm³/mol. The summed E-state index contributed by atoms with van der Waals surface area (Å²) >= 11 is 0. The number of pyridine rings is 1. The van der Waals surface area contributed by atoms with E-state index in [0.717, 1.165) is 22.1 Å². The van der Waals surface area contributed by atoms with E-state index in [1.807, 2.05) is 65.9 Å². The number of aromatic nitrogens is 2. The Labute approximate surface area is 153 Å². The van der Waals surface area contributed by atoms with Crippen molar-refractivity contribution in [3.05, 3.63) is 64.5 Å². The first-order valence-electron chi connectivity index (χ1n) is 8.46. The highest BCUT2D eigenvalue weighted by Crippen LogP contribution is 2.31.